The van der Waals surface area contributed by atoms with Crippen LogP contribution in [0.5, 0.6) is 11.5 Å². The number of pyridine rings is 1. The Labute approximate surface area is 216 Å². The smallest absolute Gasteiger partial charge is 0.416 e. The number of carbonyl (C=O) groups excluding carboxylic acids is 1. The Hall–Kier alpha value is -4.92. The fourth-order valence-corrected chi connectivity index (χ4v) is 3.69. The first-order valence-electron chi connectivity index (χ1n) is 11.3. The molecule has 1 heterocycles. The summed E-state index contributed by atoms with van der Waals surface area (Å²) in [6.45, 7) is 3.98. The van der Waals surface area contributed by atoms with E-state index in [0.29, 0.717) is 17.1 Å². The molecule has 3 aromatic carbocycles. The second-order valence-electron chi connectivity index (χ2n) is 8.11. The normalized spacial score (nSPS) is 11.0. The standard InChI is InChI=1S/C29H21F3N2O4/c1-2-16-34(21-11-9-20(10-12-21)29(30,31)32)22-13-14-25(33-18-22)27(35)19-8-15-26(24(17-19)28(36)37)38-23-6-4-3-5-7-23/h2-15,17-18H,1,16H2,(H,36,37). The molecule has 0 saturated carbocycles. The zero-order valence-corrected chi connectivity index (χ0v) is 19.9. The van der Waals surface area contributed by atoms with Crippen LogP contribution < -0.4 is 9.64 Å². The van der Waals surface area contributed by atoms with E-state index in [2.05, 4.69) is 11.6 Å². The van der Waals surface area contributed by atoms with Crippen molar-refractivity contribution < 1.29 is 32.6 Å². The van der Waals surface area contributed by atoms with E-state index in [1.54, 1.807) is 47.4 Å². The topological polar surface area (TPSA) is 79.7 Å². The van der Waals surface area contributed by atoms with Gasteiger partial charge < -0.3 is 14.7 Å². The largest absolute Gasteiger partial charge is 0.478 e. The lowest BCUT2D eigenvalue weighted by atomic mass is 10.0. The van der Waals surface area contributed by atoms with Crippen molar-refractivity contribution in [3.05, 3.63) is 126 Å². The number of ketones is 1. The van der Waals surface area contributed by atoms with Gasteiger partial charge in [0.2, 0.25) is 5.78 Å². The van der Waals surface area contributed by atoms with Crippen LogP contribution in [0, 0.1) is 0 Å². The van der Waals surface area contributed by atoms with E-state index in [-0.39, 0.29) is 29.1 Å². The molecule has 0 aliphatic carbocycles. The molecule has 0 amide bonds. The van der Waals surface area contributed by atoms with Crippen molar-refractivity contribution in [2.24, 2.45) is 0 Å². The number of aromatic nitrogens is 1. The molecule has 0 bridgehead atoms. The number of ether oxygens (including phenoxy) is 1. The molecule has 4 aromatic rings. The lowest BCUT2D eigenvalue weighted by Crippen LogP contribution is -2.18. The van der Waals surface area contributed by atoms with Gasteiger partial charge in [0, 0.05) is 17.8 Å². The summed E-state index contributed by atoms with van der Waals surface area (Å²) in [5.41, 5.74) is 0.232. The van der Waals surface area contributed by atoms with Gasteiger partial charge in [-0.05, 0) is 66.7 Å². The summed E-state index contributed by atoms with van der Waals surface area (Å²) in [6.07, 6.45) is -1.44. The molecule has 0 spiro atoms. The molecule has 0 radical (unpaired) electrons. The number of rotatable bonds is 9. The molecule has 0 atom stereocenters. The predicted molar refractivity (Wildman–Crippen MR) is 136 cm³/mol. The van der Waals surface area contributed by atoms with Crippen LogP contribution in [0.3, 0.4) is 0 Å². The Kier molecular flexibility index (Phi) is 7.57. The van der Waals surface area contributed by atoms with Crippen molar-refractivity contribution in [3.8, 4) is 11.5 Å². The van der Waals surface area contributed by atoms with Crippen LogP contribution in [0.2, 0.25) is 0 Å². The van der Waals surface area contributed by atoms with E-state index in [1.165, 1.54) is 42.6 Å². The van der Waals surface area contributed by atoms with Crippen molar-refractivity contribution in [1.29, 1.82) is 0 Å². The average Bonchev–Trinajstić information content (AvgIpc) is 2.92. The lowest BCUT2D eigenvalue weighted by Gasteiger charge is -2.23. The predicted octanol–water partition coefficient (Wildman–Crippen LogP) is 7.15. The number of carboxylic acids is 1. The van der Waals surface area contributed by atoms with Crippen LogP contribution in [0.15, 0.2) is 104 Å². The van der Waals surface area contributed by atoms with E-state index in [0.717, 1.165) is 12.1 Å². The van der Waals surface area contributed by atoms with E-state index >= 15 is 0 Å². The van der Waals surface area contributed by atoms with Gasteiger partial charge in [-0.25, -0.2) is 4.79 Å². The molecule has 0 aliphatic rings. The molecule has 9 heteroatoms. The number of carbonyl (C=O) groups is 2. The summed E-state index contributed by atoms with van der Waals surface area (Å²) in [4.78, 5) is 30.8. The van der Waals surface area contributed by atoms with Crippen LogP contribution in [0.25, 0.3) is 0 Å². The summed E-state index contributed by atoms with van der Waals surface area (Å²) < 4.78 is 44.5. The van der Waals surface area contributed by atoms with Crippen molar-refractivity contribution in [1.82, 2.24) is 4.98 Å². The second-order valence-corrected chi connectivity index (χ2v) is 8.11. The lowest BCUT2D eigenvalue weighted by molar-refractivity contribution is -0.137. The van der Waals surface area contributed by atoms with Gasteiger partial charge in [-0.3, -0.25) is 9.78 Å². The van der Waals surface area contributed by atoms with Crippen molar-refractivity contribution in [2.75, 3.05) is 11.4 Å². The zero-order chi connectivity index (χ0) is 27.3. The van der Waals surface area contributed by atoms with Gasteiger partial charge in [-0.2, -0.15) is 13.2 Å². The minimum Gasteiger partial charge on any atom is -0.478 e. The highest BCUT2D eigenvalue weighted by Gasteiger charge is 2.30. The number of hydrogen-bond donors (Lipinski definition) is 1. The van der Waals surface area contributed by atoms with Crippen LogP contribution in [-0.4, -0.2) is 28.4 Å². The van der Waals surface area contributed by atoms with E-state index in [1.807, 2.05) is 0 Å². The van der Waals surface area contributed by atoms with Crippen molar-refractivity contribution >= 4 is 23.1 Å². The number of anilines is 2. The van der Waals surface area contributed by atoms with Crippen molar-refractivity contribution in [2.45, 2.75) is 6.18 Å². The SMILES string of the molecule is C=CCN(c1ccc(C(F)(F)F)cc1)c1ccc(C(=O)c2ccc(Oc3ccccc3)c(C(=O)O)c2)nc1. The molecule has 0 saturated heterocycles. The van der Waals surface area contributed by atoms with Crippen LogP contribution >= 0.6 is 0 Å². The quantitative estimate of drug-likeness (QED) is 0.187. The molecule has 0 aliphatic heterocycles. The van der Waals surface area contributed by atoms with Crippen LogP contribution in [-0.2, 0) is 6.18 Å². The number of para-hydroxylation sites is 1. The Morgan fingerprint density at radius 1 is 0.947 bits per heavy atom. The molecule has 1 N–H and O–H groups in total. The Bertz CT molecular complexity index is 1450. The minimum absolute atomic E-state index is 0.0628. The summed E-state index contributed by atoms with van der Waals surface area (Å²) in [6, 6.07) is 20.5. The zero-order valence-electron chi connectivity index (χ0n) is 19.9. The Morgan fingerprint density at radius 3 is 2.21 bits per heavy atom. The first-order valence-corrected chi connectivity index (χ1v) is 11.3. The van der Waals surface area contributed by atoms with E-state index < -0.39 is 23.5 Å². The first-order chi connectivity index (χ1) is 18.2. The summed E-state index contributed by atoms with van der Waals surface area (Å²) in [7, 11) is 0. The number of halogens is 3. The maximum atomic E-state index is 13.1. The maximum Gasteiger partial charge on any atom is 0.416 e. The maximum absolute atomic E-state index is 13.1. The average molecular weight is 518 g/mol. The number of alkyl halides is 3. The number of hydrogen-bond acceptors (Lipinski definition) is 5. The third kappa shape index (κ3) is 5.89. The first kappa shape index (κ1) is 26.2. The Balaban J connectivity index is 1.58. The third-order valence-corrected chi connectivity index (χ3v) is 5.55. The van der Waals surface area contributed by atoms with Gasteiger partial charge in [-0.1, -0.05) is 24.3 Å². The molecule has 0 fully saturated rings. The Morgan fingerprint density at radius 2 is 1.63 bits per heavy atom. The highest BCUT2D eigenvalue weighted by atomic mass is 19.4. The molecule has 4 rings (SSSR count). The molecule has 192 valence electrons. The van der Waals surface area contributed by atoms with Gasteiger partial charge in [0.05, 0.1) is 17.4 Å². The number of nitrogens with zero attached hydrogens (tertiary/aromatic N) is 2. The van der Waals surface area contributed by atoms with Crippen molar-refractivity contribution in [3.63, 3.8) is 0 Å². The van der Waals surface area contributed by atoms with Gasteiger partial charge in [0.25, 0.3) is 0 Å². The molecular formula is C29H21F3N2O4. The number of aromatic carboxylic acids is 1. The van der Waals surface area contributed by atoms with Gasteiger partial charge in [-0.15, -0.1) is 6.58 Å². The van der Waals surface area contributed by atoms with Gasteiger partial charge >= 0.3 is 12.1 Å². The highest BCUT2D eigenvalue weighted by Crippen LogP contribution is 2.32. The van der Waals surface area contributed by atoms with Gasteiger partial charge in [0.1, 0.15) is 22.8 Å². The monoisotopic (exact) mass is 518 g/mol. The summed E-state index contributed by atoms with van der Waals surface area (Å²) in [5, 5.41) is 9.66. The molecule has 38 heavy (non-hydrogen) atoms. The summed E-state index contributed by atoms with van der Waals surface area (Å²) >= 11 is 0. The van der Waals surface area contributed by atoms with E-state index in [4.69, 9.17) is 4.74 Å². The highest BCUT2D eigenvalue weighted by molar-refractivity contribution is 6.09. The second kappa shape index (κ2) is 11.0. The van der Waals surface area contributed by atoms with Crippen LogP contribution in [0.4, 0.5) is 24.5 Å². The number of carboxylic acid groups (broad SMARTS) is 1. The van der Waals surface area contributed by atoms with Crippen LogP contribution in [0.1, 0.15) is 32.0 Å². The molecule has 0 unspecified atom stereocenters. The molecule has 6 nitrogen and oxygen atoms in total. The summed E-state index contributed by atoms with van der Waals surface area (Å²) in [5.74, 6) is -1.23. The molecule has 1 aromatic heterocycles. The number of benzene rings is 3. The third-order valence-electron chi connectivity index (χ3n) is 5.55. The fraction of sp³-hybridized carbons (Fsp3) is 0.0690. The van der Waals surface area contributed by atoms with Gasteiger partial charge in [0.15, 0.2) is 0 Å². The molecular weight excluding hydrogens is 497 g/mol. The minimum atomic E-state index is -4.45. The van der Waals surface area contributed by atoms with E-state index in [9.17, 15) is 27.9 Å². The fourth-order valence-electron chi connectivity index (χ4n) is 3.69.